The highest BCUT2D eigenvalue weighted by molar-refractivity contribution is 5.88. The van der Waals surface area contributed by atoms with Crippen molar-refractivity contribution in [1.29, 1.82) is 0 Å². The van der Waals surface area contributed by atoms with E-state index in [-0.39, 0.29) is 5.56 Å². The van der Waals surface area contributed by atoms with Gasteiger partial charge in [0, 0.05) is 18.8 Å². The van der Waals surface area contributed by atoms with Gasteiger partial charge in [-0.2, -0.15) is 5.10 Å². The molecule has 2 N–H and O–H groups in total. The van der Waals surface area contributed by atoms with E-state index < -0.39 is 11.8 Å². The number of hydrogen-bond acceptors (Lipinski definition) is 3. The molecule has 0 amide bonds. The number of para-hydroxylation sites is 1. The number of carboxylic acids is 1. The van der Waals surface area contributed by atoms with Crippen LogP contribution in [0.4, 0.5) is 4.39 Å². The van der Waals surface area contributed by atoms with Gasteiger partial charge in [0.2, 0.25) is 0 Å². The van der Waals surface area contributed by atoms with Gasteiger partial charge in [0.25, 0.3) is 0 Å². The average Bonchev–Trinajstić information content (AvgIpc) is 3.18. The Hall–Kier alpha value is -2.21. The van der Waals surface area contributed by atoms with Gasteiger partial charge in [-0.05, 0) is 31.4 Å². The molecular weight excluding hydrogens is 273 g/mol. The topological polar surface area (TPSA) is 67.2 Å². The Morgan fingerprint density at radius 1 is 1.52 bits per heavy atom. The molecule has 1 aromatic heterocycles. The first kappa shape index (κ1) is 13.8. The standard InChI is InChI=1S/C15H16FN3O2/c1-9-12(15(20)21)8-19(18-9)14-10(3-2-4-13(14)16)7-17-11-5-6-11/h2-4,8,11,17H,5-7H2,1H3,(H,20,21). The summed E-state index contributed by atoms with van der Waals surface area (Å²) < 4.78 is 15.5. The van der Waals surface area contributed by atoms with Crippen molar-refractivity contribution in [2.24, 2.45) is 0 Å². The molecule has 0 aliphatic heterocycles. The summed E-state index contributed by atoms with van der Waals surface area (Å²) in [4.78, 5) is 11.1. The van der Waals surface area contributed by atoms with Crippen LogP contribution in [0.25, 0.3) is 5.69 Å². The number of carboxylic acid groups (broad SMARTS) is 1. The molecular formula is C15H16FN3O2. The van der Waals surface area contributed by atoms with Crippen LogP contribution in [0.5, 0.6) is 0 Å². The van der Waals surface area contributed by atoms with Crippen molar-refractivity contribution in [2.75, 3.05) is 0 Å². The Balaban J connectivity index is 1.99. The van der Waals surface area contributed by atoms with E-state index in [1.807, 2.05) is 6.07 Å². The summed E-state index contributed by atoms with van der Waals surface area (Å²) in [5, 5.41) is 16.6. The maximum Gasteiger partial charge on any atom is 0.339 e. The molecule has 1 aliphatic rings. The lowest BCUT2D eigenvalue weighted by atomic mass is 10.1. The smallest absolute Gasteiger partial charge is 0.339 e. The highest BCUT2D eigenvalue weighted by Gasteiger charge is 2.22. The van der Waals surface area contributed by atoms with E-state index in [2.05, 4.69) is 10.4 Å². The fourth-order valence-corrected chi connectivity index (χ4v) is 2.29. The van der Waals surface area contributed by atoms with Crippen LogP contribution in [-0.4, -0.2) is 26.9 Å². The van der Waals surface area contributed by atoms with Gasteiger partial charge in [-0.25, -0.2) is 13.9 Å². The molecule has 0 spiro atoms. The summed E-state index contributed by atoms with van der Waals surface area (Å²) in [6.45, 7) is 2.14. The van der Waals surface area contributed by atoms with Crippen LogP contribution in [-0.2, 0) is 6.54 Å². The maximum absolute atomic E-state index is 14.2. The van der Waals surface area contributed by atoms with Gasteiger partial charge in [-0.15, -0.1) is 0 Å². The highest BCUT2D eigenvalue weighted by Crippen LogP contribution is 2.23. The van der Waals surface area contributed by atoms with Crippen LogP contribution < -0.4 is 5.32 Å². The van der Waals surface area contributed by atoms with Gasteiger partial charge >= 0.3 is 5.97 Å². The molecule has 0 bridgehead atoms. The highest BCUT2D eigenvalue weighted by atomic mass is 19.1. The Morgan fingerprint density at radius 2 is 2.29 bits per heavy atom. The Labute approximate surface area is 121 Å². The van der Waals surface area contributed by atoms with Crippen molar-refractivity contribution >= 4 is 5.97 Å². The van der Waals surface area contributed by atoms with Crippen molar-refractivity contribution in [2.45, 2.75) is 32.4 Å². The third kappa shape index (κ3) is 2.80. The number of aryl methyl sites for hydroxylation is 1. The third-order valence-electron chi connectivity index (χ3n) is 3.59. The molecule has 0 unspecified atom stereocenters. The summed E-state index contributed by atoms with van der Waals surface area (Å²) in [6.07, 6.45) is 3.65. The number of carbonyl (C=O) groups is 1. The molecule has 1 fully saturated rings. The molecule has 1 heterocycles. The zero-order valence-electron chi connectivity index (χ0n) is 11.6. The summed E-state index contributed by atoms with van der Waals surface area (Å²) >= 11 is 0. The number of halogens is 1. The number of hydrogen-bond donors (Lipinski definition) is 2. The zero-order valence-corrected chi connectivity index (χ0v) is 11.6. The Kier molecular flexibility index (Phi) is 3.47. The minimum Gasteiger partial charge on any atom is -0.478 e. The quantitative estimate of drug-likeness (QED) is 0.886. The first-order valence-corrected chi connectivity index (χ1v) is 6.87. The fourth-order valence-electron chi connectivity index (χ4n) is 2.29. The van der Waals surface area contributed by atoms with Crippen molar-refractivity contribution < 1.29 is 14.3 Å². The van der Waals surface area contributed by atoms with Crippen LogP contribution in [0, 0.1) is 12.7 Å². The maximum atomic E-state index is 14.2. The largest absolute Gasteiger partial charge is 0.478 e. The molecule has 6 heteroatoms. The second-order valence-electron chi connectivity index (χ2n) is 5.28. The molecule has 110 valence electrons. The lowest BCUT2D eigenvalue weighted by Crippen LogP contribution is -2.17. The molecule has 2 aromatic rings. The second-order valence-corrected chi connectivity index (χ2v) is 5.28. The first-order valence-electron chi connectivity index (χ1n) is 6.87. The van der Waals surface area contributed by atoms with Crippen LogP contribution in [0.2, 0.25) is 0 Å². The molecule has 3 rings (SSSR count). The molecule has 5 nitrogen and oxygen atoms in total. The van der Waals surface area contributed by atoms with Gasteiger partial charge in [0.05, 0.1) is 5.69 Å². The van der Waals surface area contributed by atoms with Gasteiger partial charge < -0.3 is 10.4 Å². The monoisotopic (exact) mass is 289 g/mol. The molecule has 0 atom stereocenters. The minimum absolute atomic E-state index is 0.0827. The van der Waals surface area contributed by atoms with Gasteiger partial charge in [0.15, 0.2) is 0 Å². The second kappa shape index (κ2) is 5.29. The summed E-state index contributed by atoms with van der Waals surface area (Å²) in [6, 6.07) is 5.34. The van der Waals surface area contributed by atoms with Gasteiger partial charge in [0.1, 0.15) is 17.1 Å². The zero-order chi connectivity index (χ0) is 15.0. The Bertz CT molecular complexity index is 692. The summed E-state index contributed by atoms with van der Waals surface area (Å²) in [5.41, 5.74) is 1.52. The van der Waals surface area contributed by atoms with E-state index in [4.69, 9.17) is 5.11 Å². The van der Waals surface area contributed by atoms with E-state index in [0.29, 0.717) is 24.0 Å². The van der Waals surface area contributed by atoms with Crippen molar-refractivity contribution in [3.63, 3.8) is 0 Å². The number of nitrogens with one attached hydrogen (secondary N) is 1. The van der Waals surface area contributed by atoms with E-state index >= 15 is 0 Å². The van der Waals surface area contributed by atoms with Gasteiger partial charge in [-0.3, -0.25) is 0 Å². The van der Waals surface area contributed by atoms with Crippen LogP contribution in [0.15, 0.2) is 24.4 Å². The van der Waals surface area contributed by atoms with E-state index in [0.717, 1.165) is 18.4 Å². The SMILES string of the molecule is Cc1nn(-c2c(F)cccc2CNC2CC2)cc1C(=O)O. The van der Waals surface area contributed by atoms with E-state index in [1.165, 1.54) is 16.9 Å². The van der Waals surface area contributed by atoms with Crippen molar-refractivity contribution in [1.82, 2.24) is 15.1 Å². The number of rotatable bonds is 5. The molecule has 1 aliphatic carbocycles. The number of benzene rings is 1. The predicted octanol–water partition coefficient (Wildman–Crippen LogP) is 2.27. The van der Waals surface area contributed by atoms with Gasteiger partial charge in [-0.1, -0.05) is 12.1 Å². The molecule has 1 saturated carbocycles. The molecule has 0 saturated heterocycles. The third-order valence-corrected chi connectivity index (χ3v) is 3.59. The number of nitrogens with zero attached hydrogens (tertiary/aromatic N) is 2. The van der Waals surface area contributed by atoms with Crippen LogP contribution in [0.3, 0.4) is 0 Å². The van der Waals surface area contributed by atoms with Crippen LogP contribution in [0.1, 0.15) is 34.5 Å². The average molecular weight is 289 g/mol. The van der Waals surface area contributed by atoms with Crippen LogP contribution >= 0.6 is 0 Å². The summed E-state index contributed by atoms with van der Waals surface area (Å²) in [5.74, 6) is -1.47. The number of aromatic carboxylic acids is 1. The van der Waals surface area contributed by atoms with E-state index in [1.54, 1.807) is 13.0 Å². The Morgan fingerprint density at radius 3 is 2.90 bits per heavy atom. The number of aromatic nitrogens is 2. The normalized spacial score (nSPS) is 14.4. The molecule has 1 aromatic carbocycles. The van der Waals surface area contributed by atoms with E-state index in [9.17, 15) is 9.18 Å². The fraction of sp³-hybridized carbons (Fsp3) is 0.333. The first-order chi connectivity index (χ1) is 10.1. The lowest BCUT2D eigenvalue weighted by Gasteiger charge is -2.11. The minimum atomic E-state index is -1.06. The van der Waals surface area contributed by atoms with Crippen molar-refractivity contribution in [3.8, 4) is 5.69 Å². The lowest BCUT2D eigenvalue weighted by molar-refractivity contribution is 0.0696. The van der Waals surface area contributed by atoms with Crippen molar-refractivity contribution in [3.05, 3.63) is 47.0 Å². The predicted molar refractivity (Wildman–Crippen MR) is 75.1 cm³/mol. The molecule has 21 heavy (non-hydrogen) atoms. The summed E-state index contributed by atoms with van der Waals surface area (Å²) in [7, 11) is 0. The molecule has 0 radical (unpaired) electrons.